The smallest absolute Gasteiger partial charge is 0.267 e. The molecule has 23 heavy (non-hydrogen) atoms. The molecule has 1 atom stereocenters. The highest BCUT2D eigenvalue weighted by Gasteiger charge is 2.22. The molecule has 1 amide bonds. The summed E-state index contributed by atoms with van der Waals surface area (Å²) in [6, 6.07) is 8.67. The number of aromatic hydroxyl groups is 1. The Kier molecular flexibility index (Phi) is 5.02. The normalized spacial score (nSPS) is 11.9. The molecule has 1 unspecified atom stereocenters. The van der Waals surface area contributed by atoms with E-state index in [9.17, 15) is 14.7 Å². The lowest BCUT2D eigenvalue weighted by atomic mass is 10.1. The minimum Gasteiger partial charge on any atom is -0.506 e. The molecule has 0 aliphatic heterocycles. The molecule has 0 aliphatic carbocycles. The number of aromatic nitrogens is 1. The van der Waals surface area contributed by atoms with Crippen molar-refractivity contribution in [2.45, 2.75) is 39.3 Å². The highest BCUT2D eigenvalue weighted by atomic mass is 16.3. The molecule has 0 fully saturated rings. The quantitative estimate of drug-likeness (QED) is 0.884. The first-order valence-electron chi connectivity index (χ1n) is 7.53. The molecule has 1 aromatic heterocycles. The second-order valence-electron chi connectivity index (χ2n) is 5.39. The monoisotopic (exact) mass is 313 g/mol. The molecule has 2 N–H and O–H groups in total. The highest BCUT2D eigenvalue weighted by molar-refractivity contribution is 6.02. The summed E-state index contributed by atoms with van der Waals surface area (Å²) in [7, 11) is 0. The van der Waals surface area contributed by atoms with Crippen molar-refractivity contribution in [2.24, 2.45) is 0 Å². The van der Waals surface area contributed by atoms with Crippen molar-refractivity contribution in [3.8, 4) is 11.8 Å². The minimum absolute atomic E-state index is 0.111. The van der Waals surface area contributed by atoms with Gasteiger partial charge in [0.2, 0.25) is 0 Å². The average Bonchev–Trinajstić information content (AvgIpc) is 2.54. The SMILES string of the molecule is CCC(C)NC(=O)c1c(O)c2ccccc2n(CCC#N)c1=O. The van der Waals surface area contributed by atoms with Crippen LogP contribution in [0.25, 0.3) is 10.9 Å². The van der Waals surface area contributed by atoms with Crippen LogP contribution in [0.4, 0.5) is 0 Å². The molecule has 0 saturated heterocycles. The van der Waals surface area contributed by atoms with Crippen molar-refractivity contribution in [2.75, 3.05) is 0 Å². The van der Waals surface area contributed by atoms with Crippen LogP contribution in [-0.4, -0.2) is 21.6 Å². The molecule has 6 nitrogen and oxygen atoms in total. The van der Waals surface area contributed by atoms with E-state index in [-0.39, 0.29) is 30.3 Å². The number of nitrogens with zero attached hydrogens (tertiary/aromatic N) is 2. The molecule has 0 aliphatic rings. The molecular weight excluding hydrogens is 294 g/mol. The molecule has 0 radical (unpaired) electrons. The zero-order chi connectivity index (χ0) is 17.0. The molecule has 0 bridgehead atoms. The van der Waals surface area contributed by atoms with Crippen LogP contribution >= 0.6 is 0 Å². The number of hydrogen-bond acceptors (Lipinski definition) is 4. The topological polar surface area (TPSA) is 95.1 Å². The minimum atomic E-state index is -0.599. The first kappa shape index (κ1) is 16.6. The number of para-hydroxylation sites is 1. The number of fused-ring (bicyclic) bond motifs is 1. The Labute approximate surface area is 134 Å². The predicted octanol–water partition coefficient (Wildman–Crippen LogP) is 2.15. The Balaban J connectivity index is 2.67. The van der Waals surface area contributed by atoms with E-state index in [1.54, 1.807) is 24.3 Å². The first-order valence-corrected chi connectivity index (χ1v) is 7.53. The summed E-state index contributed by atoms with van der Waals surface area (Å²) in [4.78, 5) is 25.0. The van der Waals surface area contributed by atoms with Crippen molar-refractivity contribution in [1.82, 2.24) is 9.88 Å². The molecule has 0 saturated carbocycles. The summed E-state index contributed by atoms with van der Waals surface area (Å²) in [5.41, 5.74) is -0.357. The Bertz CT molecular complexity index is 833. The Morgan fingerprint density at radius 1 is 1.43 bits per heavy atom. The van der Waals surface area contributed by atoms with E-state index in [0.29, 0.717) is 17.3 Å². The van der Waals surface area contributed by atoms with E-state index in [2.05, 4.69) is 5.32 Å². The number of amides is 1. The molecular formula is C17H19N3O3. The third-order valence-corrected chi connectivity index (χ3v) is 3.81. The number of aryl methyl sites for hydroxylation is 1. The Hall–Kier alpha value is -2.81. The maximum absolute atomic E-state index is 12.7. The van der Waals surface area contributed by atoms with E-state index in [1.165, 1.54) is 4.57 Å². The summed E-state index contributed by atoms with van der Waals surface area (Å²) in [6.07, 6.45) is 0.851. The predicted molar refractivity (Wildman–Crippen MR) is 87.3 cm³/mol. The van der Waals surface area contributed by atoms with E-state index in [1.807, 2.05) is 19.9 Å². The van der Waals surface area contributed by atoms with Crippen molar-refractivity contribution in [3.63, 3.8) is 0 Å². The van der Waals surface area contributed by atoms with Crippen LogP contribution in [0.5, 0.6) is 5.75 Å². The van der Waals surface area contributed by atoms with Crippen LogP contribution in [-0.2, 0) is 6.54 Å². The van der Waals surface area contributed by atoms with Crippen LogP contribution in [0, 0.1) is 11.3 Å². The number of nitrogens with one attached hydrogen (secondary N) is 1. The lowest BCUT2D eigenvalue weighted by Crippen LogP contribution is -2.37. The van der Waals surface area contributed by atoms with Gasteiger partial charge < -0.3 is 15.0 Å². The molecule has 6 heteroatoms. The molecule has 120 valence electrons. The van der Waals surface area contributed by atoms with Gasteiger partial charge >= 0.3 is 0 Å². The lowest BCUT2D eigenvalue weighted by Gasteiger charge is -2.16. The van der Waals surface area contributed by atoms with Crippen molar-refractivity contribution in [3.05, 3.63) is 40.2 Å². The fourth-order valence-electron chi connectivity index (χ4n) is 2.38. The zero-order valence-electron chi connectivity index (χ0n) is 13.2. The number of benzene rings is 1. The van der Waals surface area contributed by atoms with Crippen LogP contribution in [0.2, 0.25) is 0 Å². The van der Waals surface area contributed by atoms with Crippen LogP contribution < -0.4 is 10.9 Å². The van der Waals surface area contributed by atoms with Gasteiger partial charge in [0, 0.05) is 18.0 Å². The highest BCUT2D eigenvalue weighted by Crippen LogP contribution is 2.26. The van der Waals surface area contributed by atoms with Crippen LogP contribution in [0.3, 0.4) is 0 Å². The number of hydrogen-bond donors (Lipinski definition) is 2. The molecule has 1 heterocycles. The van der Waals surface area contributed by atoms with Gasteiger partial charge in [0.15, 0.2) is 0 Å². The van der Waals surface area contributed by atoms with Gasteiger partial charge in [-0.25, -0.2) is 0 Å². The van der Waals surface area contributed by atoms with Gasteiger partial charge in [0.25, 0.3) is 11.5 Å². The number of carbonyl (C=O) groups excluding carboxylic acids is 1. The van der Waals surface area contributed by atoms with Gasteiger partial charge in [-0.3, -0.25) is 9.59 Å². The van der Waals surface area contributed by atoms with Gasteiger partial charge in [0.1, 0.15) is 11.3 Å². The summed E-state index contributed by atoms with van der Waals surface area (Å²) in [6.45, 7) is 3.90. The fraction of sp³-hybridized carbons (Fsp3) is 0.353. The second-order valence-corrected chi connectivity index (χ2v) is 5.39. The van der Waals surface area contributed by atoms with Gasteiger partial charge in [-0.05, 0) is 25.5 Å². The van der Waals surface area contributed by atoms with Gasteiger partial charge in [-0.1, -0.05) is 19.1 Å². The number of carbonyl (C=O) groups is 1. The summed E-state index contributed by atoms with van der Waals surface area (Å²) < 4.78 is 1.36. The maximum Gasteiger partial charge on any atom is 0.267 e. The summed E-state index contributed by atoms with van der Waals surface area (Å²) in [5.74, 6) is -0.919. The largest absolute Gasteiger partial charge is 0.506 e. The van der Waals surface area contributed by atoms with Gasteiger partial charge in [0.05, 0.1) is 18.0 Å². The Morgan fingerprint density at radius 3 is 2.78 bits per heavy atom. The van der Waals surface area contributed by atoms with E-state index in [0.717, 1.165) is 0 Å². The molecule has 2 rings (SSSR count). The summed E-state index contributed by atoms with van der Waals surface area (Å²) >= 11 is 0. The number of rotatable bonds is 5. The standard InChI is InChI=1S/C17H19N3O3/c1-3-11(2)19-16(22)14-15(21)12-7-4-5-8-13(12)20(17(14)23)10-6-9-18/h4-5,7-8,11,21H,3,6,10H2,1-2H3,(H,19,22). The Morgan fingerprint density at radius 2 is 2.13 bits per heavy atom. The summed E-state index contributed by atoms with van der Waals surface area (Å²) in [5, 5.41) is 22.3. The van der Waals surface area contributed by atoms with Gasteiger partial charge in [-0.2, -0.15) is 5.26 Å². The molecule has 1 aromatic carbocycles. The van der Waals surface area contributed by atoms with Crippen LogP contribution in [0.15, 0.2) is 29.1 Å². The number of pyridine rings is 1. The van der Waals surface area contributed by atoms with Crippen LogP contribution in [0.1, 0.15) is 37.0 Å². The maximum atomic E-state index is 12.7. The molecule has 2 aromatic rings. The van der Waals surface area contributed by atoms with E-state index in [4.69, 9.17) is 5.26 Å². The second kappa shape index (κ2) is 6.97. The van der Waals surface area contributed by atoms with Gasteiger partial charge in [-0.15, -0.1) is 0 Å². The van der Waals surface area contributed by atoms with Crippen molar-refractivity contribution in [1.29, 1.82) is 5.26 Å². The average molecular weight is 313 g/mol. The van der Waals surface area contributed by atoms with Crippen molar-refractivity contribution >= 4 is 16.8 Å². The van der Waals surface area contributed by atoms with Crippen molar-refractivity contribution < 1.29 is 9.90 Å². The van der Waals surface area contributed by atoms with E-state index < -0.39 is 11.5 Å². The first-order chi connectivity index (χ1) is 11.0. The third kappa shape index (κ3) is 3.19. The lowest BCUT2D eigenvalue weighted by molar-refractivity contribution is 0.0934. The number of nitriles is 1. The zero-order valence-corrected chi connectivity index (χ0v) is 13.2. The van der Waals surface area contributed by atoms with E-state index >= 15 is 0 Å². The fourth-order valence-corrected chi connectivity index (χ4v) is 2.38. The third-order valence-electron chi connectivity index (χ3n) is 3.81. The molecule has 0 spiro atoms.